The minimum atomic E-state index is -0.195. The lowest BCUT2D eigenvalue weighted by molar-refractivity contribution is -0.456. The van der Waals surface area contributed by atoms with E-state index in [1.165, 1.54) is 61.8 Å². The average Bonchev–Trinajstić information content (AvgIpc) is 3.86. The molecule has 254 valence electrons. The Hall–Kier alpha value is -4.53. The third-order valence-corrected chi connectivity index (χ3v) is 10.1. The monoisotopic (exact) mass is 654 g/mol. The van der Waals surface area contributed by atoms with Gasteiger partial charge in [-0.25, -0.2) is 9.37 Å². The molecule has 0 saturated carbocycles. The van der Waals surface area contributed by atoms with Crippen LogP contribution in [0.4, 0.5) is 11.4 Å². The lowest BCUT2D eigenvalue weighted by atomic mass is 10.0. The number of hydrogen-bond donors (Lipinski definition) is 0. The van der Waals surface area contributed by atoms with Crippen LogP contribution in [0.15, 0.2) is 112 Å². The predicted molar refractivity (Wildman–Crippen MR) is 203 cm³/mol. The van der Waals surface area contributed by atoms with Crippen LogP contribution >= 0.6 is 0 Å². The topological polar surface area (TPSA) is 32.3 Å². The van der Waals surface area contributed by atoms with Gasteiger partial charge in [0.15, 0.2) is 18.0 Å². The molecule has 0 bridgehead atoms. The number of ether oxygens (including phenoxy) is 1. The molecule has 0 saturated heterocycles. The normalized spacial score (nSPS) is 16.3. The first-order chi connectivity index (χ1) is 23.8. The van der Waals surface area contributed by atoms with E-state index in [9.17, 15) is 4.79 Å². The van der Waals surface area contributed by atoms with Gasteiger partial charge < -0.3 is 4.74 Å². The molecule has 2 heterocycles. The van der Waals surface area contributed by atoms with Gasteiger partial charge in [0, 0.05) is 40.8 Å². The Balaban J connectivity index is 0.00000113. The van der Waals surface area contributed by atoms with Crippen molar-refractivity contribution in [1.82, 2.24) is 0 Å². The zero-order valence-electron chi connectivity index (χ0n) is 31.0. The molecule has 0 unspecified atom stereocenters. The number of allylic oxidation sites excluding steroid dienone is 4. The third kappa shape index (κ3) is 8.03. The molecule has 0 spiro atoms. The molecule has 0 amide bonds. The third-order valence-electron chi connectivity index (χ3n) is 10.1. The van der Waals surface area contributed by atoms with E-state index in [1.807, 2.05) is 27.7 Å². The number of hydrogen-bond acceptors (Lipinski definition) is 2. The molecule has 7 rings (SSSR count). The van der Waals surface area contributed by atoms with Crippen LogP contribution in [-0.2, 0) is 35.5 Å². The number of carbonyl (C=O) groups is 1. The van der Waals surface area contributed by atoms with Crippen LogP contribution in [0.25, 0.3) is 0 Å². The summed E-state index contributed by atoms with van der Waals surface area (Å²) in [5, 5.41) is 0. The van der Waals surface area contributed by atoms with E-state index in [4.69, 9.17) is 4.74 Å². The molecule has 2 aliphatic heterocycles. The van der Waals surface area contributed by atoms with E-state index in [-0.39, 0.29) is 12.6 Å². The van der Waals surface area contributed by atoms with Crippen molar-refractivity contribution in [3.8, 4) is 0 Å². The summed E-state index contributed by atoms with van der Waals surface area (Å²) in [6.45, 7) is 15.6. The van der Waals surface area contributed by atoms with E-state index in [0.29, 0.717) is 6.42 Å². The van der Waals surface area contributed by atoms with Crippen LogP contribution in [0.5, 0.6) is 0 Å². The Morgan fingerprint density at radius 3 is 1.84 bits per heavy atom. The molecule has 0 N–H and O–H groups in total. The Kier molecular flexibility index (Phi) is 11.9. The van der Waals surface area contributed by atoms with E-state index >= 15 is 0 Å². The summed E-state index contributed by atoms with van der Waals surface area (Å²) < 4.78 is 10.7. The first kappa shape index (κ1) is 35.8. The zero-order valence-corrected chi connectivity index (χ0v) is 31.0. The fourth-order valence-corrected chi connectivity index (χ4v) is 7.37. The molecule has 2 aliphatic carbocycles. The van der Waals surface area contributed by atoms with Gasteiger partial charge in [-0.1, -0.05) is 105 Å². The highest BCUT2D eigenvalue weighted by atomic mass is 16.5. The first-order valence-electron chi connectivity index (χ1n) is 18.2. The quantitative estimate of drug-likeness (QED) is 0.110. The summed E-state index contributed by atoms with van der Waals surface area (Å²) in [5.41, 5.74) is 21.6. The van der Waals surface area contributed by atoms with Crippen LogP contribution in [0.3, 0.4) is 0 Å². The van der Waals surface area contributed by atoms with E-state index < -0.39 is 0 Å². The summed E-state index contributed by atoms with van der Waals surface area (Å²) >= 11 is 0. The van der Waals surface area contributed by atoms with Crippen LogP contribution in [0, 0.1) is 0 Å². The van der Waals surface area contributed by atoms with Gasteiger partial charge in [-0.2, -0.15) is 4.58 Å². The molecule has 3 aromatic carbocycles. The Morgan fingerprint density at radius 2 is 1.18 bits per heavy atom. The summed E-state index contributed by atoms with van der Waals surface area (Å²) in [6.07, 6.45) is 6.46. The number of carbonyl (C=O) groups excluding carboxylic acids is 1. The van der Waals surface area contributed by atoms with Crippen LogP contribution in [0.2, 0.25) is 0 Å². The molecule has 49 heavy (non-hydrogen) atoms. The van der Waals surface area contributed by atoms with Gasteiger partial charge in [0.2, 0.25) is 11.4 Å². The van der Waals surface area contributed by atoms with Gasteiger partial charge in [-0.3, -0.25) is 0 Å². The van der Waals surface area contributed by atoms with Crippen LogP contribution in [-0.4, -0.2) is 33.6 Å². The number of para-hydroxylation sites is 2. The van der Waals surface area contributed by atoms with E-state index in [2.05, 4.69) is 115 Å². The van der Waals surface area contributed by atoms with Crippen LogP contribution in [0.1, 0.15) is 103 Å². The second-order valence-corrected chi connectivity index (χ2v) is 13.3. The van der Waals surface area contributed by atoms with Gasteiger partial charge in [0.25, 0.3) is 0 Å². The fraction of sp³-hybridized carbons (Fsp3) is 0.378. The maximum absolute atomic E-state index is 13.1. The molecule has 0 fully saturated rings. The molecule has 0 radical (unpaired) electrons. The first-order valence-corrected chi connectivity index (χ1v) is 18.2. The molecule has 4 heteroatoms. The number of fused-ring (bicyclic) bond motifs is 2. The van der Waals surface area contributed by atoms with Gasteiger partial charge >= 0.3 is 5.97 Å². The molecule has 0 aromatic heterocycles. The maximum atomic E-state index is 13.1. The molecule has 3 aromatic rings. The lowest BCUT2D eigenvalue weighted by Gasteiger charge is -2.08. The summed E-state index contributed by atoms with van der Waals surface area (Å²) in [6, 6.07) is 26.1. The Bertz CT molecular complexity index is 1910. The minimum Gasteiger partial charge on any atom is -0.457 e. The highest BCUT2D eigenvalue weighted by molar-refractivity contribution is 6.05. The predicted octanol–water partition coefficient (Wildman–Crippen LogP) is 10.7. The number of esters is 1. The van der Waals surface area contributed by atoms with Crippen molar-refractivity contribution in [2.45, 2.75) is 107 Å². The van der Waals surface area contributed by atoms with Gasteiger partial charge in [0.1, 0.15) is 20.1 Å². The fourth-order valence-electron chi connectivity index (χ4n) is 7.37. The van der Waals surface area contributed by atoms with Crippen molar-refractivity contribution < 1.29 is 18.7 Å². The number of nitrogens with zero attached hydrogens (tertiary/aromatic N) is 2. The molecular weight excluding hydrogens is 601 g/mol. The molecule has 0 atom stereocenters. The summed E-state index contributed by atoms with van der Waals surface area (Å²) in [5.74, 6) is -0.195. The Morgan fingerprint density at radius 1 is 0.653 bits per heavy atom. The summed E-state index contributed by atoms with van der Waals surface area (Å²) in [7, 11) is 2.20. The van der Waals surface area contributed by atoms with Crippen molar-refractivity contribution in [3.63, 3.8) is 0 Å². The zero-order chi connectivity index (χ0) is 35.1. The SMILES string of the molecule is CC.CC.CC1=C(C)CC(=C=C2CC(C)=C(C(=O)OCc3ccc(C[N+]4=C(CC5=[N+](C)c6ccccc6C5)Cc5ccccc54)cc3)C2)C1. The highest BCUT2D eigenvalue weighted by Crippen LogP contribution is 2.35. The van der Waals surface area contributed by atoms with Crippen molar-refractivity contribution in [1.29, 1.82) is 0 Å². The minimum absolute atomic E-state index is 0.195. The number of benzene rings is 3. The molecular formula is C45H54N2O2+2. The van der Waals surface area contributed by atoms with Crippen molar-refractivity contribution >= 4 is 28.8 Å². The van der Waals surface area contributed by atoms with Crippen LogP contribution < -0.4 is 0 Å². The second kappa shape index (κ2) is 16.2. The number of rotatable bonds is 7. The van der Waals surface area contributed by atoms with E-state index in [1.54, 1.807) is 0 Å². The van der Waals surface area contributed by atoms with Crippen molar-refractivity contribution in [3.05, 3.63) is 134 Å². The standard InChI is InChI=1S/C41H42N2O2.2C2H6/c1-27-17-32(18-28(27)2)20-33-19-29(3)38(21-33)41(44)45-26-31-15-13-30(14-16-31)25-43-37(23-35-10-6-8-12-40(35)43)24-36-22-34-9-5-7-11-39(34)42(36)4;2*1-2/h5-16H,17-19,21-26H2,1-4H3;2*1-2H3/q+2;;. The largest absolute Gasteiger partial charge is 0.457 e. The lowest BCUT2D eigenvalue weighted by Crippen LogP contribution is -2.20. The molecule has 4 nitrogen and oxygen atoms in total. The van der Waals surface area contributed by atoms with Gasteiger partial charge in [-0.05, 0) is 56.7 Å². The van der Waals surface area contributed by atoms with Crippen molar-refractivity contribution in [2.75, 3.05) is 7.05 Å². The smallest absolute Gasteiger partial charge is 0.334 e. The maximum Gasteiger partial charge on any atom is 0.334 e. The molecule has 4 aliphatic rings. The average molecular weight is 655 g/mol. The van der Waals surface area contributed by atoms with Gasteiger partial charge in [0.05, 0.1) is 12.8 Å². The highest BCUT2D eigenvalue weighted by Gasteiger charge is 2.35. The second-order valence-electron chi connectivity index (χ2n) is 13.3. The van der Waals surface area contributed by atoms with E-state index in [0.717, 1.165) is 61.8 Å². The van der Waals surface area contributed by atoms with Gasteiger partial charge in [-0.15, -0.1) is 5.73 Å². The Labute approximate surface area is 294 Å². The summed E-state index contributed by atoms with van der Waals surface area (Å²) in [4.78, 5) is 13.1. The van der Waals surface area contributed by atoms with Crippen molar-refractivity contribution in [2.24, 2.45) is 0 Å².